The van der Waals surface area contributed by atoms with E-state index in [1.165, 1.54) is 6.92 Å². The first kappa shape index (κ1) is 8.59. The van der Waals surface area contributed by atoms with Gasteiger partial charge in [-0.25, -0.2) is 5.11 Å². The Bertz CT molecular complexity index is 80.4. The number of hydrogen-bond donors (Lipinski definition) is 0. The van der Waals surface area contributed by atoms with E-state index in [4.69, 9.17) is 4.74 Å². The SMILES string of the molecule is CC(=O)CCOCC[O]. The maximum Gasteiger partial charge on any atom is 0.132 e. The largest absolute Gasteiger partial charge is 0.378 e. The smallest absolute Gasteiger partial charge is 0.132 e. The molecule has 0 saturated heterocycles. The van der Waals surface area contributed by atoms with Gasteiger partial charge >= 0.3 is 0 Å². The highest BCUT2D eigenvalue weighted by Gasteiger charge is 1.91. The summed E-state index contributed by atoms with van der Waals surface area (Å²) >= 11 is 0. The zero-order valence-electron chi connectivity index (χ0n) is 5.55. The van der Waals surface area contributed by atoms with Crippen molar-refractivity contribution in [2.24, 2.45) is 0 Å². The van der Waals surface area contributed by atoms with Crippen molar-refractivity contribution in [1.82, 2.24) is 0 Å². The number of carbonyl (C=O) groups excluding carboxylic acids is 1. The fraction of sp³-hybridized carbons (Fsp3) is 0.833. The van der Waals surface area contributed by atoms with Crippen LogP contribution in [0, 0.1) is 0 Å². The van der Waals surface area contributed by atoms with Crippen molar-refractivity contribution in [3.63, 3.8) is 0 Å². The van der Waals surface area contributed by atoms with E-state index in [1.54, 1.807) is 0 Å². The third kappa shape index (κ3) is 7.59. The van der Waals surface area contributed by atoms with Gasteiger partial charge in [0.05, 0.1) is 13.2 Å². The van der Waals surface area contributed by atoms with Crippen LogP contribution in [0.15, 0.2) is 0 Å². The number of rotatable bonds is 5. The Morgan fingerprint density at radius 1 is 1.44 bits per heavy atom. The van der Waals surface area contributed by atoms with Crippen LogP contribution in [-0.4, -0.2) is 25.6 Å². The van der Waals surface area contributed by atoms with Crippen LogP contribution in [0.4, 0.5) is 0 Å². The summed E-state index contributed by atoms with van der Waals surface area (Å²) in [4.78, 5) is 10.2. The Hall–Kier alpha value is -0.410. The number of ketones is 1. The summed E-state index contributed by atoms with van der Waals surface area (Å²) in [6.07, 6.45) is 0.417. The van der Waals surface area contributed by atoms with E-state index in [0.29, 0.717) is 13.0 Å². The maximum absolute atomic E-state index is 10.2. The van der Waals surface area contributed by atoms with Crippen molar-refractivity contribution >= 4 is 5.78 Å². The fourth-order valence-electron chi connectivity index (χ4n) is 0.377. The molecule has 0 unspecified atom stereocenters. The molecular formula is C6H11O3. The van der Waals surface area contributed by atoms with Crippen molar-refractivity contribution in [2.75, 3.05) is 19.8 Å². The van der Waals surface area contributed by atoms with Crippen LogP contribution in [0.1, 0.15) is 13.3 Å². The van der Waals surface area contributed by atoms with Gasteiger partial charge in [0.2, 0.25) is 0 Å². The lowest BCUT2D eigenvalue weighted by Crippen LogP contribution is -2.03. The van der Waals surface area contributed by atoms with E-state index in [1.807, 2.05) is 0 Å². The highest BCUT2D eigenvalue weighted by Crippen LogP contribution is 1.82. The summed E-state index contributed by atoms with van der Waals surface area (Å²) in [5, 5.41) is 9.76. The second kappa shape index (κ2) is 5.72. The molecule has 0 rings (SSSR count). The molecule has 0 N–H and O–H groups in total. The fourth-order valence-corrected chi connectivity index (χ4v) is 0.377. The maximum atomic E-state index is 10.2. The quantitative estimate of drug-likeness (QED) is 0.507. The molecule has 3 nitrogen and oxygen atoms in total. The number of ether oxygens (including phenoxy) is 1. The molecule has 0 bridgehead atoms. The number of carbonyl (C=O) groups is 1. The lowest BCUT2D eigenvalue weighted by atomic mass is 10.3. The van der Waals surface area contributed by atoms with E-state index in [-0.39, 0.29) is 19.0 Å². The summed E-state index contributed by atoms with van der Waals surface area (Å²) in [5.41, 5.74) is 0. The van der Waals surface area contributed by atoms with Crippen molar-refractivity contribution in [3.8, 4) is 0 Å². The van der Waals surface area contributed by atoms with E-state index in [9.17, 15) is 9.90 Å². The second-order valence-electron chi connectivity index (χ2n) is 1.77. The minimum absolute atomic E-state index is 0.0981. The predicted molar refractivity (Wildman–Crippen MR) is 31.7 cm³/mol. The summed E-state index contributed by atoms with van der Waals surface area (Å²) in [6.45, 7) is 1.88. The summed E-state index contributed by atoms with van der Waals surface area (Å²) < 4.78 is 4.76. The summed E-state index contributed by atoms with van der Waals surface area (Å²) in [7, 11) is 0. The molecule has 53 valence electrons. The monoisotopic (exact) mass is 131 g/mol. The highest BCUT2D eigenvalue weighted by molar-refractivity contribution is 5.75. The van der Waals surface area contributed by atoms with Gasteiger partial charge in [-0.1, -0.05) is 0 Å². The van der Waals surface area contributed by atoms with Gasteiger partial charge in [-0.15, -0.1) is 0 Å². The van der Waals surface area contributed by atoms with Gasteiger partial charge < -0.3 is 4.74 Å². The molecule has 1 radical (unpaired) electrons. The average molecular weight is 131 g/mol. The van der Waals surface area contributed by atoms with Gasteiger partial charge in [0.1, 0.15) is 12.4 Å². The standard InChI is InChI=1S/C6H11O3/c1-6(8)2-4-9-5-3-7/h2-5H2,1H3. The van der Waals surface area contributed by atoms with Crippen LogP contribution in [0.25, 0.3) is 0 Å². The van der Waals surface area contributed by atoms with Crippen molar-refractivity contribution in [2.45, 2.75) is 13.3 Å². The van der Waals surface area contributed by atoms with Crippen LogP contribution in [0.3, 0.4) is 0 Å². The lowest BCUT2D eigenvalue weighted by Gasteiger charge is -1.96. The Morgan fingerprint density at radius 3 is 2.56 bits per heavy atom. The van der Waals surface area contributed by atoms with Crippen LogP contribution in [0.2, 0.25) is 0 Å². The Kier molecular flexibility index (Phi) is 5.46. The van der Waals surface area contributed by atoms with Gasteiger partial charge in [-0.3, -0.25) is 4.79 Å². The molecular weight excluding hydrogens is 120 g/mol. The van der Waals surface area contributed by atoms with Gasteiger partial charge in [-0.2, -0.15) is 0 Å². The van der Waals surface area contributed by atoms with Crippen LogP contribution in [0.5, 0.6) is 0 Å². The summed E-state index contributed by atoms with van der Waals surface area (Å²) in [6, 6.07) is 0. The molecule has 0 aliphatic heterocycles. The normalized spacial score (nSPS) is 9.56. The van der Waals surface area contributed by atoms with Crippen LogP contribution in [-0.2, 0) is 14.6 Å². The molecule has 9 heavy (non-hydrogen) atoms. The first-order valence-corrected chi connectivity index (χ1v) is 2.92. The van der Waals surface area contributed by atoms with E-state index >= 15 is 0 Å². The van der Waals surface area contributed by atoms with Crippen LogP contribution >= 0.6 is 0 Å². The van der Waals surface area contributed by atoms with Gasteiger partial charge in [-0.05, 0) is 6.92 Å². The van der Waals surface area contributed by atoms with Gasteiger partial charge in [0.25, 0.3) is 0 Å². The zero-order chi connectivity index (χ0) is 7.11. The van der Waals surface area contributed by atoms with Crippen molar-refractivity contribution in [1.29, 1.82) is 0 Å². The van der Waals surface area contributed by atoms with Crippen molar-refractivity contribution < 1.29 is 14.6 Å². The van der Waals surface area contributed by atoms with Gasteiger partial charge in [0, 0.05) is 6.42 Å². The minimum Gasteiger partial charge on any atom is -0.378 e. The Balaban J connectivity index is 2.83. The second-order valence-corrected chi connectivity index (χ2v) is 1.77. The minimum atomic E-state index is -0.224. The van der Waals surface area contributed by atoms with Crippen molar-refractivity contribution in [3.05, 3.63) is 0 Å². The third-order valence-corrected chi connectivity index (χ3v) is 0.826. The lowest BCUT2D eigenvalue weighted by molar-refractivity contribution is -0.118. The Morgan fingerprint density at radius 2 is 2.11 bits per heavy atom. The molecule has 0 aromatic rings. The number of hydrogen-bond acceptors (Lipinski definition) is 2. The van der Waals surface area contributed by atoms with Gasteiger partial charge in [0.15, 0.2) is 0 Å². The first-order valence-electron chi connectivity index (χ1n) is 2.92. The molecule has 0 aliphatic rings. The first-order chi connectivity index (χ1) is 4.27. The number of Topliss-reactive ketones (excluding diaryl/α,β-unsaturated/α-hetero) is 1. The molecule has 0 aromatic heterocycles. The molecule has 0 spiro atoms. The average Bonchev–Trinajstić information content (AvgIpc) is 1.80. The van der Waals surface area contributed by atoms with Crippen LogP contribution < -0.4 is 0 Å². The molecule has 0 atom stereocenters. The molecule has 0 aromatic carbocycles. The Labute approximate surface area is 54.6 Å². The van der Waals surface area contributed by atoms with E-state index < -0.39 is 0 Å². The zero-order valence-corrected chi connectivity index (χ0v) is 5.55. The van der Waals surface area contributed by atoms with E-state index in [2.05, 4.69) is 0 Å². The third-order valence-electron chi connectivity index (χ3n) is 0.826. The predicted octanol–water partition coefficient (Wildman–Crippen LogP) is 0.413. The molecule has 0 aliphatic carbocycles. The highest BCUT2D eigenvalue weighted by atomic mass is 16.5. The molecule has 0 heterocycles. The molecule has 3 heteroatoms. The molecule has 0 fully saturated rings. The molecule has 0 saturated carbocycles. The topological polar surface area (TPSA) is 46.2 Å². The summed E-state index contributed by atoms with van der Waals surface area (Å²) in [5.74, 6) is 0.0981. The molecule has 0 amide bonds. The van der Waals surface area contributed by atoms with E-state index in [0.717, 1.165) is 0 Å².